The second kappa shape index (κ2) is 7.09. The highest BCUT2D eigenvalue weighted by atomic mass is 32.1. The van der Waals surface area contributed by atoms with Crippen LogP contribution in [0.3, 0.4) is 0 Å². The first-order valence-electron chi connectivity index (χ1n) is 7.19. The molecule has 3 rings (SSSR count). The Balaban J connectivity index is 1.63. The molecule has 3 aromatic heterocycles. The molecule has 128 valence electrons. The van der Waals surface area contributed by atoms with Crippen LogP contribution in [0, 0.1) is 10.1 Å². The monoisotopic (exact) mass is 360 g/mol. The first-order valence-corrected chi connectivity index (χ1v) is 8.07. The van der Waals surface area contributed by atoms with Crippen molar-refractivity contribution in [1.82, 2.24) is 15.1 Å². The predicted octanol–water partition coefficient (Wildman–Crippen LogP) is 1.90. The van der Waals surface area contributed by atoms with Gasteiger partial charge in [0.1, 0.15) is 10.6 Å². The van der Waals surface area contributed by atoms with Crippen LogP contribution in [-0.4, -0.2) is 27.2 Å². The first-order chi connectivity index (χ1) is 12.0. The third-order valence-electron chi connectivity index (χ3n) is 3.24. The van der Waals surface area contributed by atoms with Gasteiger partial charge in [-0.2, -0.15) is 5.10 Å². The van der Waals surface area contributed by atoms with Crippen molar-refractivity contribution < 1.29 is 14.1 Å². The number of nitrogens with one attached hydrogen (secondary N) is 1. The van der Waals surface area contributed by atoms with Crippen molar-refractivity contribution in [2.75, 3.05) is 6.54 Å². The average Bonchev–Trinajstić information content (AvgIpc) is 3.28. The number of hydrogen-bond acceptors (Lipinski definition) is 7. The van der Waals surface area contributed by atoms with E-state index in [1.54, 1.807) is 6.07 Å². The highest BCUT2D eigenvalue weighted by Gasteiger charge is 2.16. The normalized spacial score (nSPS) is 10.6. The Morgan fingerprint density at radius 1 is 1.32 bits per heavy atom. The second-order valence-corrected chi connectivity index (χ2v) is 5.86. The van der Waals surface area contributed by atoms with Crippen LogP contribution in [0.4, 0.5) is 5.88 Å². The van der Waals surface area contributed by atoms with Crippen LogP contribution in [0.5, 0.6) is 0 Å². The van der Waals surface area contributed by atoms with Crippen molar-refractivity contribution in [3.05, 3.63) is 68.0 Å². The van der Waals surface area contributed by atoms with E-state index in [1.807, 2.05) is 17.5 Å². The Bertz CT molecular complexity index is 960. The van der Waals surface area contributed by atoms with E-state index in [4.69, 9.17) is 4.42 Å². The van der Waals surface area contributed by atoms with E-state index in [1.165, 1.54) is 28.2 Å². The van der Waals surface area contributed by atoms with Crippen LogP contribution < -0.4 is 10.9 Å². The first kappa shape index (κ1) is 16.6. The second-order valence-electron chi connectivity index (χ2n) is 4.91. The van der Waals surface area contributed by atoms with Gasteiger partial charge in [-0.3, -0.25) is 19.7 Å². The molecule has 0 radical (unpaired) electrons. The van der Waals surface area contributed by atoms with Crippen LogP contribution in [0.25, 0.3) is 10.6 Å². The molecule has 1 N–H and O–H groups in total. The molecule has 0 saturated heterocycles. The fraction of sp³-hybridized carbons (Fsp3) is 0.133. The van der Waals surface area contributed by atoms with E-state index in [0.717, 1.165) is 10.9 Å². The van der Waals surface area contributed by atoms with Crippen LogP contribution in [0.1, 0.15) is 10.6 Å². The lowest BCUT2D eigenvalue weighted by Gasteiger charge is -2.07. The molecule has 1 amide bonds. The third kappa shape index (κ3) is 3.80. The molecule has 9 nitrogen and oxygen atoms in total. The van der Waals surface area contributed by atoms with E-state index in [-0.39, 0.29) is 24.4 Å². The Labute approximate surface area is 144 Å². The zero-order valence-electron chi connectivity index (χ0n) is 12.7. The zero-order valence-corrected chi connectivity index (χ0v) is 13.6. The molecule has 0 aliphatic carbocycles. The smallest absolute Gasteiger partial charge is 0.395 e. The summed E-state index contributed by atoms with van der Waals surface area (Å²) in [5, 5.41) is 19.2. The average molecular weight is 360 g/mol. The molecule has 0 aromatic carbocycles. The molecule has 0 aliphatic rings. The number of carbonyl (C=O) groups is 1. The van der Waals surface area contributed by atoms with Gasteiger partial charge in [0, 0.05) is 12.6 Å². The molecule has 0 aliphatic heterocycles. The SMILES string of the molecule is O=C(NCCn1nc(-c2cccs2)ccc1=O)c1ccc([N+](=O)[O-])o1. The molecule has 3 heterocycles. The summed E-state index contributed by atoms with van der Waals surface area (Å²) in [6.07, 6.45) is 0. The summed E-state index contributed by atoms with van der Waals surface area (Å²) in [7, 11) is 0. The number of nitro groups is 1. The third-order valence-corrected chi connectivity index (χ3v) is 4.14. The summed E-state index contributed by atoms with van der Waals surface area (Å²) in [5.41, 5.74) is 0.380. The molecule has 0 bridgehead atoms. The number of amides is 1. The molecule has 0 saturated carbocycles. The zero-order chi connectivity index (χ0) is 17.8. The van der Waals surface area contributed by atoms with Gasteiger partial charge in [-0.05, 0) is 23.6 Å². The minimum Gasteiger partial charge on any atom is -0.395 e. The number of hydrogen-bond donors (Lipinski definition) is 1. The Hall–Kier alpha value is -3.27. The van der Waals surface area contributed by atoms with Crippen molar-refractivity contribution in [2.24, 2.45) is 0 Å². The summed E-state index contributed by atoms with van der Waals surface area (Å²) in [6, 6.07) is 9.17. The molecule has 0 fully saturated rings. The van der Waals surface area contributed by atoms with Gasteiger partial charge in [0.15, 0.2) is 5.76 Å². The molecule has 25 heavy (non-hydrogen) atoms. The summed E-state index contributed by atoms with van der Waals surface area (Å²) in [4.78, 5) is 34.5. The lowest BCUT2D eigenvalue weighted by Crippen LogP contribution is -2.31. The topological polar surface area (TPSA) is 120 Å². The molecule has 0 spiro atoms. The molecule has 0 atom stereocenters. The maximum atomic E-state index is 11.9. The highest BCUT2D eigenvalue weighted by molar-refractivity contribution is 7.13. The Morgan fingerprint density at radius 3 is 2.84 bits per heavy atom. The Morgan fingerprint density at radius 2 is 2.16 bits per heavy atom. The van der Waals surface area contributed by atoms with Gasteiger partial charge in [0.05, 0.1) is 17.5 Å². The van der Waals surface area contributed by atoms with Crippen molar-refractivity contribution in [1.29, 1.82) is 0 Å². The predicted molar refractivity (Wildman–Crippen MR) is 89.5 cm³/mol. The van der Waals surface area contributed by atoms with Crippen LogP contribution in [0.15, 0.2) is 51.0 Å². The van der Waals surface area contributed by atoms with Gasteiger partial charge in [-0.15, -0.1) is 11.3 Å². The van der Waals surface area contributed by atoms with E-state index >= 15 is 0 Å². The van der Waals surface area contributed by atoms with Crippen LogP contribution >= 0.6 is 11.3 Å². The van der Waals surface area contributed by atoms with E-state index < -0.39 is 16.7 Å². The van der Waals surface area contributed by atoms with E-state index in [0.29, 0.717) is 5.69 Å². The molecule has 0 unspecified atom stereocenters. The standard InChI is InChI=1S/C15H12N4O5S/c20-13-5-3-10(12-2-1-9-25-12)17-18(13)8-7-16-15(21)11-4-6-14(24-11)19(22)23/h1-6,9H,7-8H2,(H,16,21). The maximum absolute atomic E-state index is 11.9. The van der Waals surface area contributed by atoms with Crippen LogP contribution in [-0.2, 0) is 6.54 Å². The van der Waals surface area contributed by atoms with Gasteiger partial charge in [-0.1, -0.05) is 6.07 Å². The minimum atomic E-state index is -0.726. The minimum absolute atomic E-state index is 0.119. The number of aromatic nitrogens is 2. The number of thiophene rings is 1. The molecule has 10 heteroatoms. The van der Waals surface area contributed by atoms with Crippen molar-refractivity contribution in [3.8, 4) is 10.6 Å². The quantitative estimate of drug-likeness (QED) is 0.529. The van der Waals surface area contributed by atoms with Crippen molar-refractivity contribution in [3.63, 3.8) is 0 Å². The van der Waals surface area contributed by atoms with Gasteiger partial charge in [-0.25, -0.2) is 4.68 Å². The lowest BCUT2D eigenvalue weighted by molar-refractivity contribution is -0.402. The number of carbonyl (C=O) groups excluding carboxylic acids is 1. The molecule has 3 aromatic rings. The fourth-order valence-corrected chi connectivity index (χ4v) is 2.77. The molecular weight excluding hydrogens is 348 g/mol. The van der Waals surface area contributed by atoms with E-state index in [9.17, 15) is 19.7 Å². The van der Waals surface area contributed by atoms with Gasteiger partial charge in [0.2, 0.25) is 0 Å². The lowest BCUT2D eigenvalue weighted by atomic mass is 10.3. The van der Waals surface area contributed by atoms with E-state index in [2.05, 4.69) is 10.4 Å². The summed E-state index contributed by atoms with van der Waals surface area (Å²) < 4.78 is 6.06. The Kier molecular flexibility index (Phi) is 4.70. The van der Waals surface area contributed by atoms with Gasteiger partial charge in [0.25, 0.3) is 11.5 Å². The summed E-state index contributed by atoms with van der Waals surface area (Å²) in [6.45, 7) is 0.278. The number of rotatable bonds is 6. The molecular formula is C15H12N4O5S. The number of nitrogens with zero attached hydrogens (tertiary/aromatic N) is 3. The summed E-state index contributed by atoms with van der Waals surface area (Å²) in [5.74, 6) is -1.28. The van der Waals surface area contributed by atoms with Crippen LogP contribution in [0.2, 0.25) is 0 Å². The van der Waals surface area contributed by atoms with Crippen molar-refractivity contribution in [2.45, 2.75) is 6.54 Å². The summed E-state index contributed by atoms with van der Waals surface area (Å²) >= 11 is 1.51. The highest BCUT2D eigenvalue weighted by Crippen LogP contribution is 2.21. The van der Waals surface area contributed by atoms with Gasteiger partial charge < -0.3 is 9.73 Å². The number of furan rings is 1. The fourth-order valence-electron chi connectivity index (χ4n) is 2.08. The maximum Gasteiger partial charge on any atom is 0.433 e. The van der Waals surface area contributed by atoms with Gasteiger partial charge >= 0.3 is 5.88 Å². The van der Waals surface area contributed by atoms with Crippen molar-refractivity contribution >= 4 is 23.1 Å². The largest absolute Gasteiger partial charge is 0.433 e.